The largest absolute Gasteiger partial charge is 1.00 e. The molecular weight excluding hydrogens is 970 g/mol. The van der Waals surface area contributed by atoms with Crippen LogP contribution in [-0.4, -0.2) is 60.7 Å². The molecule has 10 rings (SSSR count). The average molecular weight is 1010 g/mol. The van der Waals surface area contributed by atoms with Crippen molar-refractivity contribution in [2.45, 2.75) is 61.7 Å². The van der Waals surface area contributed by atoms with Gasteiger partial charge in [-0.1, -0.05) is 60.7 Å². The second-order valence-electron chi connectivity index (χ2n) is 17.5. The van der Waals surface area contributed by atoms with Crippen molar-refractivity contribution in [2.24, 2.45) is 0 Å². The molecule has 0 bridgehead atoms. The number of fused-ring (bicyclic) bond motifs is 2. The van der Waals surface area contributed by atoms with Gasteiger partial charge in [-0.25, -0.2) is 9.03 Å². The molecule has 0 unspecified atom stereocenters. The third-order valence-electron chi connectivity index (χ3n) is 13.0. The van der Waals surface area contributed by atoms with Gasteiger partial charge in [0.2, 0.25) is 0 Å². The second kappa shape index (κ2) is 21.0. The van der Waals surface area contributed by atoms with E-state index in [1.54, 1.807) is 76.0 Å². The molecule has 0 saturated heterocycles. The van der Waals surface area contributed by atoms with Crippen LogP contribution < -0.4 is 40.2 Å². The van der Waals surface area contributed by atoms with Crippen LogP contribution in [-0.2, 0) is 50.4 Å². The van der Waals surface area contributed by atoms with Crippen LogP contribution in [0.1, 0.15) is 90.9 Å². The van der Waals surface area contributed by atoms with Crippen molar-refractivity contribution in [1.29, 1.82) is 0 Å². The van der Waals surface area contributed by atoms with Crippen LogP contribution in [0.4, 0.5) is 37.7 Å². The summed E-state index contributed by atoms with van der Waals surface area (Å²) in [6.07, 6.45) is 0.814. The number of carboxylic acids is 1. The summed E-state index contributed by atoms with van der Waals surface area (Å²) >= 11 is 0. The van der Waals surface area contributed by atoms with E-state index in [9.17, 15) is 50.6 Å². The van der Waals surface area contributed by atoms with Gasteiger partial charge in [0.05, 0.1) is 63.6 Å². The number of methoxy groups -OCH3 is 1. The molecule has 0 radical (unpaired) electrons. The molecule has 0 aliphatic heterocycles. The van der Waals surface area contributed by atoms with Crippen molar-refractivity contribution >= 4 is 46.2 Å². The summed E-state index contributed by atoms with van der Waals surface area (Å²) in [5.41, 5.74) is 4.43. The molecule has 4 N–H and O–H groups in total. The first-order valence-corrected chi connectivity index (χ1v) is 22.3. The molecule has 370 valence electrons. The van der Waals surface area contributed by atoms with Crippen LogP contribution in [0.5, 0.6) is 0 Å². The number of hydrogen-bond donors (Lipinski definition) is 3. The molecule has 13 nitrogen and oxygen atoms in total. The summed E-state index contributed by atoms with van der Waals surface area (Å²) < 4.78 is 85.3. The number of rotatable bonds is 12. The maximum Gasteiger partial charge on any atom is 1.00 e. The number of aromatic nitrogens is 4. The molecule has 8 aromatic rings. The van der Waals surface area contributed by atoms with Crippen LogP contribution in [0.2, 0.25) is 0 Å². The molecule has 2 saturated carbocycles. The molecule has 20 heteroatoms. The van der Waals surface area contributed by atoms with E-state index in [1.165, 1.54) is 43.8 Å². The third-order valence-corrected chi connectivity index (χ3v) is 13.0. The number of carboxylic acid groups (broad SMARTS) is 1. The Labute approximate surface area is 434 Å². The predicted octanol–water partition coefficient (Wildman–Crippen LogP) is 7.54. The number of carbonyl (C=O) groups is 4. The quantitative estimate of drug-likeness (QED) is 0.0632. The summed E-state index contributed by atoms with van der Waals surface area (Å²) in [5, 5.41) is 23.6. The predicted molar refractivity (Wildman–Crippen MR) is 251 cm³/mol. The van der Waals surface area contributed by atoms with Crippen LogP contribution in [0.15, 0.2) is 146 Å². The van der Waals surface area contributed by atoms with Crippen molar-refractivity contribution in [3.63, 3.8) is 0 Å². The van der Waals surface area contributed by atoms with E-state index in [2.05, 4.69) is 20.8 Å². The fourth-order valence-electron chi connectivity index (χ4n) is 8.73. The number of esters is 1. The number of nitrogens with zero attached hydrogens (tertiary/aromatic N) is 4. The smallest absolute Gasteiger partial charge is 0.870 e. The number of ether oxygens (including phenoxy) is 1. The van der Waals surface area contributed by atoms with Gasteiger partial charge in [0.15, 0.2) is 0 Å². The molecular formula is C53H43F6N6NaO7. The number of anilines is 2. The SMILES string of the molecule is COC(=O)C1(c2ccc(NC(=O)c3cnn4cccc(Cc5ccc(C(F)(F)F)cc5)c34)cc2)CC1.O=C(Nc1ccc(C2(C(=O)O)CC2)cc1)c1cnn2cccc(Cc3ccc(C(F)(F)F)cc3)c12.[Na+].[OH-]. The van der Waals surface area contributed by atoms with Gasteiger partial charge in [0, 0.05) is 23.8 Å². The summed E-state index contributed by atoms with van der Waals surface area (Å²) in [6.45, 7) is 0. The fourth-order valence-corrected chi connectivity index (χ4v) is 8.73. The molecule has 73 heavy (non-hydrogen) atoms. The maximum absolute atomic E-state index is 13.1. The fraction of sp³-hybridized carbons (Fsp3) is 0.208. The van der Waals surface area contributed by atoms with E-state index in [4.69, 9.17) is 4.74 Å². The maximum atomic E-state index is 13.1. The Morgan fingerprint density at radius 3 is 1.29 bits per heavy atom. The Morgan fingerprint density at radius 2 is 0.959 bits per heavy atom. The zero-order valence-corrected chi connectivity index (χ0v) is 41.1. The number of pyridine rings is 2. The van der Waals surface area contributed by atoms with E-state index in [0.717, 1.165) is 53.8 Å². The number of halogens is 6. The first-order chi connectivity index (χ1) is 33.9. The van der Waals surface area contributed by atoms with Crippen molar-refractivity contribution in [3.05, 3.63) is 202 Å². The van der Waals surface area contributed by atoms with Crippen LogP contribution in [0.3, 0.4) is 0 Å². The third kappa shape index (κ3) is 11.2. The minimum absolute atomic E-state index is 0. The summed E-state index contributed by atoms with van der Waals surface area (Å²) in [6, 6.07) is 30.9. The van der Waals surface area contributed by atoms with E-state index in [-0.39, 0.29) is 46.9 Å². The molecule has 4 aromatic heterocycles. The number of hydrogen-bond acceptors (Lipinski definition) is 8. The summed E-state index contributed by atoms with van der Waals surface area (Å²) in [5.74, 6) is -1.87. The van der Waals surface area contributed by atoms with Crippen molar-refractivity contribution < 1.29 is 90.4 Å². The van der Waals surface area contributed by atoms with E-state index >= 15 is 0 Å². The minimum Gasteiger partial charge on any atom is -0.870 e. The first-order valence-electron chi connectivity index (χ1n) is 22.3. The van der Waals surface area contributed by atoms with Gasteiger partial charge in [0.1, 0.15) is 0 Å². The van der Waals surface area contributed by atoms with E-state index < -0.39 is 46.2 Å². The second-order valence-corrected chi connectivity index (χ2v) is 17.5. The summed E-state index contributed by atoms with van der Waals surface area (Å²) in [4.78, 5) is 49.8. The normalized spacial score (nSPS) is 14.1. The standard InChI is InChI=1S/C27H22F3N3O3.C26H20F3N3O3.Na.H2O/c1-36-25(35)26(12-13-26)19-8-10-21(11-9-19)32-24(34)22-16-31-33-14-2-3-18(23(22)33)15-17-4-6-20(7-5-17)27(28,29)30;27-26(28,29)19-5-3-16(4-6-19)14-17-2-1-13-32-22(17)21(15-30-32)23(33)31-20-9-7-18(8-10-20)25(11-12-25)24(34)35;;/h2-11,14,16H,12-13,15H2,1H3,(H,32,34);1-10,13,15H,11-12,14H2,(H,31,33)(H,34,35);;1H2/q;;+1;/p-1. The number of nitrogens with one attached hydrogen (secondary N) is 2. The number of aliphatic carboxylic acids is 1. The zero-order valence-electron chi connectivity index (χ0n) is 39.1. The van der Waals surface area contributed by atoms with Gasteiger partial charge in [0.25, 0.3) is 11.8 Å². The minimum atomic E-state index is -4.40. The number of alkyl halides is 6. The molecule has 2 amide bonds. The van der Waals surface area contributed by atoms with Gasteiger partial charge in [-0.05, 0) is 133 Å². The van der Waals surface area contributed by atoms with Gasteiger partial charge in [-0.15, -0.1) is 0 Å². The molecule has 4 aromatic carbocycles. The Bertz CT molecular complexity index is 3310. The molecule has 2 aliphatic rings. The van der Waals surface area contributed by atoms with Crippen molar-refractivity contribution in [3.8, 4) is 0 Å². The molecule has 2 aliphatic carbocycles. The van der Waals surface area contributed by atoms with Gasteiger partial charge in [-0.2, -0.15) is 36.5 Å². The van der Waals surface area contributed by atoms with Crippen LogP contribution >= 0.6 is 0 Å². The van der Waals surface area contributed by atoms with Crippen molar-refractivity contribution in [2.75, 3.05) is 17.7 Å². The van der Waals surface area contributed by atoms with Gasteiger partial charge < -0.3 is 26.0 Å². The van der Waals surface area contributed by atoms with E-state index in [0.29, 0.717) is 75.9 Å². The number of amides is 2. The van der Waals surface area contributed by atoms with Crippen LogP contribution in [0, 0.1) is 0 Å². The average Bonchev–Trinajstić information content (AvgIpc) is 4.25. The Kier molecular flexibility index (Phi) is 15.4. The Hall–Kier alpha value is -7.32. The zero-order chi connectivity index (χ0) is 50.3. The number of benzene rings is 4. The topological polar surface area (TPSA) is 186 Å². The Morgan fingerprint density at radius 1 is 0.589 bits per heavy atom. The van der Waals surface area contributed by atoms with Crippen molar-refractivity contribution in [1.82, 2.24) is 19.2 Å². The van der Waals surface area contributed by atoms with Gasteiger partial charge >= 0.3 is 53.8 Å². The van der Waals surface area contributed by atoms with Gasteiger partial charge in [-0.3, -0.25) is 19.2 Å². The monoisotopic (exact) mass is 1010 g/mol. The summed E-state index contributed by atoms with van der Waals surface area (Å²) in [7, 11) is 1.37. The Balaban J connectivity index is 0.000000208. The van der Waals surface area contributed by atoms with Crippen LogP contribution in [0.25, 0.3) is 11.0 Å². The molecule has 0 spiro atoms. The first kappa shape index (κ1) is 53.5. The number of carbonyl (C=O) groups excluding carboxylic acids is 3. The molecule has 2 fully saturated rings. The molecule has 0 atom stereocenters. The van der Waals surface area contributed by atoms with E-state index in [1.807, 2.05) is 18.2 Å². The molecule has 4 heterocycles.